The second-order valence-electron chi connectivity index (χ2n) is 6.09. The summed E-state index contributed by atoms with van der Waals surface area (Å²) in [6, 6.07) is 0.827. The van der Waals surface area contributed by atoms with Crippen molar-refractivity contribution in [2.45, 2.75) is 26.2 Å². The van der Waals surface area contributed by atoms with Gasteiger partial charge in [0.05, 0.1) is 0 Å². The van der Waals surface area contributed by atoms with Gasteiger partial charge in [0, 0.05) is 31.7 Å². The molecule has 1 aromatic rings. The van der Waals surface area contributed by atoms with E-state index in [0.29, 0.717) is 0 Å². The minimum absolute atomic E-state index is 0.120. The van der Waals surface area contributed by atoms with Crippen molar-refractivity contribution in [3.8, 4) is 5.75 Å². The predicted octanol–water partition coefficient (Wildman–Crippen LogP) is 0.980. The van der Waals surface area contributed by atoms with Crippen LogP contribution in [0.3, 0.4) is 0 Å². The fraction of sp³-hybridized carbons (Fsp3) is 0.278. The number of carbonyl (C=O) groups excluding carboxylic acids is 5. The van der Waals surface area contributed by atoms with Crippen molar-refractivity contribution in [2.24, 2.45) is 0 Å². The molecule has 0 unspecified atom stereocenters. The lowest BCUT2D eigenvalue weighted by Gasteiger charge is -2.19. The third-order valence-corrected chi connectivity index (χ3v) is 4.11. The second kappa shape index (κ2) is 7.78. The molecule has 152 valence electrons. The van der Waals surface area contributed by atoms with Crippen LogP contribution in [0.1, 0.15) is 30.9 Å². The summed E-state index contributed by atoms with van der Waals surface area (Å²) in [5, 5.41) is 0.263. The van der Waals surface area contributed by atoms with Gasteiger partial charge in [0.25, 0.3) is 11.8 Å². The number of Topliss-reactive ketones (excluding diaryl/α,β-unsaturated/α-hetero) is 1. The minimum Gasteiger partial charge on any atom is -0.451 e. The highest BCUT2D eigenvalue weighted by atomic mass is 19.1. The quantitative estimate of drug-likeness (QED) is 0.306. The number of carbonyl (C=O) groups is 5. The molecular weight excluding hydrogens is 396 g/mol. The molecule has 9 nitrogen and oxygen atoms in total. The molecule has 1 aromatic carbocycles. The Kier molecular flexibility index (Phi) is 5.39. The summed E-state index contributed by atoms with van der Waals surface area (Å²) in [5.41, 5.74) is -0.929. The first-order valence-electron chi connectivity index (χ1n) is 8.29. The zero-order valence-corrected chi connectivity index (χ0v) is 15.0. The van der Waals surface area contributed by atoms with Crippen LogP contribution in [-0.2, 0) is 40.0 Å². The van der Waals surface area contributed by atoms with Crippen LogP contribution in [-0.4, -0.2) is 41.4 Å². The number of hydroxylamine groups is 2. The number of amides is 2. The third kappa shape index (κ3) is 3.98. The molecule has 1 heterocycles. The number of ether oxygens (including phenoxy) is 2. The summed E-state index contributed by atoms with van der Waals surface area (Å²) in [4.78, 5) is 62.9. The SMILES string of the molecule is CC(=O)OCOc1c(F)cc2c(c1F)CC(=O)C(C(=O)ON1C(=O)CCC1=O)=C2. The predicted molar refractivity (Wildman–Crippen MR) is 87.5 cm³/mol. The number of imide groups is 1. The molecule has 29 heavy (non-hydrogen) atoms. The second-order valence-corrected chi connectivity index (χ2v) is 6.09. The van der Waals surface area contributed by atoms with Crippen LogP contribution in [0, 0.1) is 11.6 Å². The lowest BCUT2D eigenvalue weighted by atomic mass is 9.90. The van der Waals surface area contributed by atoms with Crippen molar-refractivity contribution in [1.82, 2.24) is 5.06 Å². The average molecular weight is 409 g/mol. The Morgan fingerprint density at radius 3 is 2.41 bits per heavy atom. The van der Waals surface area contributed by atoms with Crippen LogP contribution < -0.4 is 4.74 Å². The Labute approximate surface area is 161 Å². The summed E-state index contributed by atoms with van der Waals surface area (Å²) in [6.07, 6.45) is 0.0215. The number of ketones is 1. The molecule has 0 bridgehead atoms. The first kappa shape index (κ1) is 20.1. The van der Waals surface area contributed by atoms with Gasteiger partial charge in [-0.2, -0.15) is 0 Å². The molecule has 11 heteroatoms. The summed E-state index contributed by atoms with van der Waals surface area (Å²) >= 11 is 0. The number of hydrogen-bond acceptors (Lipinski definition) is 8. The molecule has 2 aliphatic rings. The number of rotatable bonds is 5. The van der Waals surface area contributed by atoms with Crippen LogP contribution in [0.4, 0.5) is 8.78 Å². The van der Waals surface area contributed by atoms with E-state index in [9.17, 15) is 32.8 Å². The molecule has 1 fully saturated rings. The van der Waals surface area contributed by atoms with Crippen molar-refractivity contribution in [2.75, 3.05) is 6.79 Å². The minimum atomic E-state index is -1.29. The Hall–Kier alpha value is -3.63. The molecule has 0 saturated carbocycles. The Morgan fingerprint density at radius 1 is 1.14 bits per heavy atom. The number of fused-ring (bicyclic) bond motifs is 1. The van der Waals surface area contributed by atoms with Gasteiger partial charge >= 0.3 is 11.9 Å². The highest BCUT2D eigenvalue weighted by molar-refractivity contribution is 6.23. The van der Waals surface area contributed by atoms with Crippen LogP contribution in [0.2, 0.25) is 0 Å². The van der Waals surface area contributed by atoms with Gasteiger partial charge in [-0.05, 0) is 17.7 Å². The number of benzene rings is 1. The number of esters is 1. The molecule has 0 atom stereocenters. The van der Waals surface area contributed by atoms with Crippen LogP contribution in [0.5, 0.6) is 5.75 Å². The van der Waals surface area contributed by atoms with Crippen LogP contribution >= 0.6 is 0 Å². The van der Waals surface area contributed by atoms with E-state index in [1.54, 1.807) is 0 Å². The largest absolute Gasteiger partial charge is 0.451 e. The molecule has 0 radical (unpaired) electrons. The van der Waals surface area contributed by atoms with Gasteiger partial charge < -0.3 is 14.3 Å². The van der Waals surface area contributed by atoms with E-state index in [1.807, 2.05) is 0 Å². The maximum atomic E-state index is 14.6. The van der Waals surface area contributed by atoms with Crippen molar-refractivity contribution in [1.29, 1.82) is 0 Å². The van der Waals surface area contributed by atoms with Crippen molar-refractivity contribution in [3.63, 3.8) is 0 Å². The van der Waals surface area contributed by atoms with Crippen molar-refractivity contribution in [3.05, 3.63) is 34.4 Å². The summed E-state index contributed by atoms with van der Waals surface area (Å²) < 4.78 is 38.0. The number of hydrogen-bond donors (Lipinski definition) is 0. The normalized spacial score (nSPS) is 15.8. The smallest absolute Gasteiger partial charge is 0.367 e. The molecule has 0 N–H and O–H groups in total. The van der Waals surface area contributed by atoms with Gasteiger partial charge in [0.2, 0.25) is 6.79 Å². The molecule has 3 rings (SSSR count). The van der Waals surface area contributed by atoms with Gasteiger partial charge in [-0.3, -0.25) is 19.2 Å². The maximum Gasteiger partial charge on any atom is 0.367 e. The molecule has 1 saturated heterocycles. The Bertz CT molecular complexity index is 969. The van der Waals surface area contributed by atoms with E-state index in [-0.39, 0.29) is 29.0 Å². The topological polar surface area (TPSA) is 116 Å². The lowest BCUT2D eigenvalue weighted by molar-refractivity contribution is -0.194. The standard InChI is InChI=1S/C18H13F2NO8/c1-8(22)27-7-28-17-12(19)5-9-4-11(13(23)6-10(9)16(17)20)18(26)29-21-14(24)2-3-15(21)25/h4-5H,2-3,6-7H2,1H3. The van der Waals surface area contributed by atoms with Gasteiger partial charge in [-0.1, -0.05) is 0 Å². The van der Waals surface area contributed by atoms with E-state index < -0.39 is 65.7 Å². The summed E-state index contributed by atoms with van der Waals surface area (Å²) in [7, 11) is 0. The molecule has 1 aliphatic carbocycles. The zero-order chi connectivity index (χ0) is 21.3. The average Bonchev–Trinajstić information content (AvgIpc) is 2.96. The third-order valence-electron chi connectivity index (χ3n) is 4.11. The Balaban J connectivity index is 1.86. The number of nitrogens with zero attached hydrogens (tertiary/aromatic N) is 1. The first-order chi connectivity index (χ1) is 13.7. The first-order valence-corrected chi connectivity index (χ1v) is 8.29. The molecule has 2 amide bonds. The molecule has 1 aliphatic heterocycles. The zero-order valence-electron chi connectivity index (χ0n) is 15.0. The fourth-order valence-corrected chi connectivity index (χ4v) is 2.72. The number of halogens is 2. The van der Waals surface area contributed by atoms with Gasteiger partial charge in [0.1, 0.15) is 5.57 Å². The van der Waals surface area contributed by atoms with Crippen molar-refractivity contribution >= 4 is 35.6 Å². The van der Waals surface area contributed by atoms with E-state index in [1.165, 1.54) is 0 Å². The van der Waals surface area contributed by atoms with Gasteiger partial charge in [0.15, 0.2) is 23.2 Å². The van der Waals surface area contributed by atoms with Crippen LogP contribution in [0.15, 0.2) is 11.6 Å². The van der Waals surface area contributed by atoms with E-state index in [0.717, 1.165) is 19.1 Å². The monoisotopic (exact) mass is 409 g/mol. The van der Waals surface area contributed by atoms with E-state index in [4.69, 9.17) is 4.74 Å². The van der Waals surface area contributed by atoms with Gasteiger partial charge in [-0.15, -0.1) is 5.06 Å². The summed E-state index contributed by atoms with van der Waals surface area (Å²) in [5.74, 6) is -7.53. The maximum absolute atomic E-state index is 14.6. The van der Waals surface area contributed by atoms with Crippen LogP contribution in [0.25, 0.3) is 6.08 Å². The fourth-order valence-electron chi connectivity index (χ4n) is 2.72. The molecule has 0 spiro atoms. The highest BCUT2D eigenvalue weighted by Crippen LogP contribution is 2.33. The van der Waals surface area contributed by atoms with E-state index in [2.05, 4.69) is 9.57 Å². The Morgan fingerprint density at radius 2 is 1.79 bits per heavy atom. The molecular formula is C18H13F2NO8. The van der Waals surface area contributed by atoms with E-state index >= 15 is 0 Å². The summed E-state index contributed by atoms with van der Waals surface area (Å²) in [6.45, 7) is 0.345. The van der Waals surface area contributed by atoms with Crippen molar-refractivity contribution < 1.29 is 47.1 Å². The van der Waals surface area contributed by atoms with Gasteiger partial charge in [-0.25, -0.2) is 13.6 Å². The lowest BCUT2D eigenvalue weighted by Crippen LogP contribution is -2.34. The highest BCUT2D eigenvalue weighted by Gasteiger charge is 2.36. The molecule has 0 aromatic heterocycles.